The maximum atomic E-state index is 14.8. The largest absolute Gasteiger partial charge is 0.508 e. The fraction of sp³-hybridized carbons (Fsp3) is 0.500. The number of cyclic esters (lactones) is 1. The Kier molecular flexibility index (Phi) is 15.5. The number of methoxy groups -OCH3 is 2. The third-order valence-electron chi connectivity index (χ3n) is 13.3. The van der Waals surface area contributed by atoms with Gasteiger partial charge in [0.05, 0.1) is 31.1 Å². The third kappa shape index (κ3) is 10.9. The summed E-state index contributed by atoms with van der Waals surface area (Å²) in [5, 5.41) is 28.2. The molecule has 3 aliphatic heterocycles. The van der Waals surface area contributed by atoms with E-state index < -0.39 is 64.7 Å². The Morgan fingerprint density at radius 3 is 2.58 bits per heavy atom. The Balaban J connectivity index is 1.27. The fourth-order valence-corrected chi connectivity index (χ4v) is 9.96. The Bertz CT molecular complexity index is 2670. The van der Waals surface area contributed by atoms with Crippen molar-refractivity contribution in [2.75, 3.05) is 54.1 Å². The van der Waals surface area contributed by atoms with Crippen molar-refractivity contribution in [1.29, 1.82) is 0 Å². The van der Waals surface area contributed by atoms with E-state index >= 15 is 0 Å². The first-order valence-electron chi connectivity index (χ1n) is 23.6. The Morgan fingerprint density at radius 1 is 1.07 bits per heavy atom. The molecule has 7 rings (SSSR count). The number of β-amino-alcohol motifs (C(OH)–C–C–N with tert-alkyl or cyclic N) is 1. The minimum atomic E-state index is -1.98. The lowest BCUT2D eigenvalue weighted by molar-refractivity contribution is -0.156. The zero-order chi connectivity index (χ0) is 49.8. The number of phenols is 1. The summed E-state index contributed by atoms with van der Waals surface area (Å²) in [5.41, 5.74) is 7.29. The first-order chi connectivity index (χ1) is 32.9. The maximum Gasteiger partial charge on any atom is 0.324 e. The number of carbonyl (C=O) groups excluding carboxylic acids is 5. The third-order valence-corrected chi connectivity index (χ3v) is 13.3. The van der Waals surface area contributed by atoms with Crippen molar-refractivity contribution in [2.45, 2.75) is 104 Å². The number of hydrogen-bond acceptors (Lipinski definition) is 12. The number of likely N-dealkylation sites (tertiary alicyclic amines) is 1. The average Bonchev–Trinajstić information content (AvgIpc) is 3.87. The second kappa shape index (κ2) is 21.1. The van der Waals surface area contributed by atoms with E-state index in [1.54, 1.807) is 39.3 Å². The van der Waals surface area contributed by atoms with Crippen LogP contribution < -0.4 is 10.7 Å². The number of aromatic nitrogens is 2. The highest BCUT2D eigenvalue weighted by atomic mass is 16.5. The van der Waals surface area contributed by atoms with Gasteiger partial charge in [-0.1, -0.05) is 45.7 Å². The van der Waals surface area contributed by atoms with Gasteiger partial charge in [0.15, 0.2) is 5.60 Å². The number of ether oxygens (including phenoxy) is 3. The van der Waals surface area contributed by atoms with Gasteiger partial charge in [0.1, 0.15) is 30.5 Å². The lowest BCUT2D eigenvalue weighted by Gasteiger charge is -2.37. The molecule has 2 saturated heterocycles. The van der Waals surface area contributed by atoms with Gasteiger partial charge >= 0.3 is 5.97 Å². The summed E-state index contributed by atoms with van der Waals surface area (Å²) in [6.45, 7) is 10.8. The number of amides is 4. The molecule has 1 unspecified atom stereocenters. The van der Waals surface area contributed by atoms with Crippen LogP contribution in [0.15, 0.2) is 54.7 Å². The SMILES string of the molecule is CCn1c(-c2cccnc2COC)c2c3cc(ccc31)-c1cc(O)cc(c1)C[C@H](NC(=O)[C@H](C(C)C)N(C)C(=O)C1(O)CCN(C(=O)C#CCOC)C1)C(=O)N1CCC[C@H](N1)C(=O)OCC(C)(C)C2. The second-order valence-corrected chi connectivity index (χ2v) is 19.5. The lowest BCUT2D eigenvalue weighted by Crippen LogP contribution is -2.63. The van der Waals surface area contributed by atoms with E-state index in [4.69, 9.17) is 19.2 Å². The first-order valence-corrected chi connectivity index (χ1v) is 23.6. The minimum Gasteiger partial charge on any atom is -0.508 e. The zero-order valence-electron chi connectivity index (χ0n) is 40.9. The van der Waals surface area contributed by atoms with Crippen molar-refractivity contribution >= 4 is 40.5 Å². The molecular formula is C52H65N7O10. The molecule has 4 aromatic rings. The quantitative estimate of drug-likeness (QED) is 0.132. The Morgan fingerprint density at radius 2 is 1.86 bits per heavy atom. The molecule has 3 aliphatic rings. The molecule has 6 bridgehead atoms. The summed E-state index contributed by atoms with van der Waals surface area (Å²) in [5.74, 6) is 1.48. The molecule has 17 heteroatoms. The highest BCUT2D eigenvalue weighted by Crippen LogP contribution is 2.41. The smallest absolute Gasteiger partial charge is 0.324 e. The molecule has 368 valence electrons. The molecule has 2 aromatic heterocycles. The normalized spacial score (nSPS) is 21.0. The van der Waals surface area contributed by atoms with Crippen LogP contribution >= 0.6 is 0 Å². The Labute approximate surface area is 403 Å². The maximum absolute atomic E-state index is 14.8. The van der Waals surface area contributed by atoms with Gasteiger partial charge in [0.25, 0.3) is 17.7 Å². The van der Waals surface area contributed by atoms with Crippen molar-refractivity contribution < 1.29 is 48.4 Å². The van der Waals surface area contributed by atoms with Gasteiger partial charge in [-0.25, -0.2) is 5.43 Å². The van der Waals surface area contributed by atoms with Crippen LogP contribution in [0.5, 0.6) is 5.75 Å². The number of nitrogens with one attached hydrogen (secondary N) is 2. The van der Waals surface area contributed by atoms with Crippen molar-refractivity contribution in [3.63, 3.8) is 0 Å². The number of carbonyl (C=O) groups is 5. The molecule has 2 fully saturated rings. The van der Waals surface area contributed by atoms with E-state index in [2.05, 4.69) is 60.1 Å². The molecule has 4 amide bonds. The molecule has 4 atom stereocenters. The number of hydrogen-bond donors (Lipinski definition) is 4. The molecule has 2 aromatic carbocycles. The monoisotopic (exact) mass is 947 g/mol. The summed E-state index contributed by atoms with van der Waals surface area (Å²) >= 11 is 0. The van der Waals surface area contributed by atoms with E-state index in [0.29, 0.717) is 43.5 Å². The van der Waals surface area contributed by atoms with E-state index in [1.165, 1.54) is 29.0 Å². The summed E-state index contributed by atoms with van der Waals surface area (Å²) in [7, 11) is 4.51. The highest BCUT2D eigenvalue weighted by molar-refractivity contribution is 5.98. The van der Waals surface area contributed by atoms with Crippen LogP contribution in [-0.2, 0) is 64.2 Å². The van der Waals surface area contributed by atoms with Gasteiger partial charge in [0, 0.05) is 81.8 Å². The van der Waals surface area contributed by atoms with Gasteiger partial charge in [-0.3, -0.25) is 34.0 Å². The number of aromatic hydroxyl groups is 1. The molecule has 0 spiro atoms. The van der Waals surface area contributed by atoms with Crippen LogP contribution in [-0.4, -0.2) is 142 Å². The van der Waals surface area contributed by atoms with Gasteiger partial charge in [-0.2, -0.15) is 0 Å². The summed E-state index contributed by atoms with van der Waals surface area (Å²) in [6, 6.07) is 12.0. The van der Waals surface area contributed by atoms with E-state index in [9.17, 15) is 34.2 Å². The predicted molar refractivity (Wildman–Crippen MR) is 258 cm³/mol. The van der Waals surface area contributed by atoms with Crippen molar-refractivity contribution in [1.82, 2.24) is 35.1 Å². The number of hydrazine groups is 1. The molecule has 17 nitrogen and oxygen atoms in total. The number of aliphatic hydroxyl groups is 1. The summed E-state index contributed by atoms with van der Waals surface area (Å²) in [4.78, 5) is 77.3. The number of pyridine rings is 1. The number of benzene rings is 2. The topological polar surface area (TPSA) is 205 Å². The molecule has 5 heterocycles. The van der Waals surface area contributed by atoms with Crippen molar-refractivity contribution in [3.8, 4) is 40.0 Å². The van der Waals surface area contributed by atoms with Gasteiger partial charge in [-0.15, -0.1) is 0 Å². The second-order valence-electron chi connectivity index (χ2n) is 19.5. The number of rotatable bonds is 10. The first kappa shape index (κ1) is 50.6. The average molecular weight is 948 g/mol. The van der Waals surface area contributed by atoms with E-state index in [-0.39, 0.29) is 51.4 Å². The molecule has 0 saturated carbocycles. The number of likely N-dealkylation sites (N-methyl/N-ethyl adjacent to an activating group) is 1. The van der Waals surface area contributed by atoms with E-state index in [0.717, 1.165) is 39.0 Å². The number of aryl methyl sites for hydroxylation is 1. The van der Waals surface area contributed by atoms with Crippen LogP contribution in [0.25, 0.3) is 33.3 Å². The van der Waals surface area contributed by atoms with Crippen molar-refractivity contribution in [3.05, 3.63) is 71.5 Å². The number of esters is 1. The number of phenolic OH excluding ortho intramolecular Hbond substituents is 1. The van der Waals surface area contributed by atoms with Gasteiger partial charge in [-0.05, 0) is 96.7 Å². The molecule has 0 aliphatic carbocycles. The van der Waals surface area contributed by atoms with Gasteiger partial charge < -0.3 is 44.1 Å². The standard InChI is InChI=1S/C52H65N7O10/c1-9-58-43-17-16-34-27-38(43)39(46(58)37-13-10-19-53-42(37)29-68-8)28-51(4,5)31-69-49(64)40-14-11-20-59(55-40)48(63)41(25-33-23-35(34)26-36(60)24-33)54-47(62)45(32(2)3)56(6)50(65)52(66)18-21-57(30-52)44(61)15-12-22-67-7/h10,13,16-17,19,23-24,26-27,32,40-41,45,55,60,66H,9,11,14,18,20-22,25,28-31H2,1-8H3,(H,54,62)/t40-,41-,45-,52?/m0/s1. The molecular weight excluding hydrogens is 883 g/mol. The highest BCUT2D eigenvalue weighted by Gasteiger charge is 2.48. The lowest BCUT2D eigenvalue weighted by atomic mass is 9.84. The fourth-order valence-electron chi connectivity index (χ4n) is 9.96. The zero-order valence-corrected chi connectivity index (χ0v) is 40.9. The van der Waals surface area contributed by atoms with Gasteiger partial charge in [0.2, 0.25) is 5.91 Å². The molecule has 4 N–H and O–H groups in total. The predicted octanol–water partition coefficient (Wildman–Crippen LogP) is 3.99. The Hall–Kier alpha value is -6.32. The van der Waals surface area contributed by atoms with Crippen LogP contribution in [0.2, 0.25) is 0 Å². The van der Waals surface area contributed by atoms with Crippen molar-refractivity contribution in [2.24, 2.45) is 11.3 Å². The number of nitrogens with zero attached hydrogens (tertiary/aromatic N) is 5. The molecule has 69 heavy (non-hydrogen) atoms. The van der Waals surface area contributed by atoms with Crippen LogP contribution in [0, 0.1) is 23.2 Å². The van der Waals surface area contributed by atoms with Crippen LogP contribution in [0.1, 0.15) is 70.7 Å². The van der Waals surface area contributed by atoms with Crippen LogP contribution in [0.4, 0.5) is 0 Å². The number of fused-ring (bicyclic) bond motifs is 6. The minimum absolute atomic E-state index is 0.0447. The van der Waals surface area contributed by atoms with Crippen LogP contribution in [0.3, 0.4) is 0 Å². The summed E-state index contributed by atoms with van der Waals surface area (Å²) < 4.78 is 18.8. The summed E-state index contributed by atoms with van der Waals surface area (Å²) in [6.07, 6.45) is 3.01. The molecule has 0 radical (unpaired) electrons. The van der Waals surface area contributed by atoms with E-state index in [1.807, 2.05) is 24.3 Å².